The second-order valence-electron chi connectivity index (χ2n) is 8.33. The summed E-state index contributed by atoms with van der Waals surface area (Å²) in [6.45, 7) is 1.88. The molecule has 2 aromatic carbocycles. The first-order chi connectivity index (χ1) is 15.5. The molecule has 3 unspecified atom stereocenters. The largest absolute Gasteiger partial charge is 0.481 e. The molecule has 1 aromatic heterocycles. The van der Waals surface area contributed by atoms with Crippen LogP contribution in [0.2, 0.25) is 5.02 Å². The number of carboxylic acids is 1. The molecule has 33 heavy (non-hydrogen) atoms. The highest BCUT2D eigenvalue weighted by molar-refractivity contribution is 6.34. The van der Waals surface area contributed by atoms with Crippen LogP contribution < -0.4 is 0 Å². The van der Waals surface area contributed by atoms with Gasteiger partial charge in [-0.15, -0.1) is 0 Å². The summed E-state index contributed by atoms with van der Waals surface area (Å²) in [5.41, 5.74) is -1.85. The Hall–Kier alpha value is -2.94. The molecule has 4 rings (SSSR count). The Morgan fingerprint density at radius 1 is 1.15 bits per heavy atom. The van der Waals surface area contributed by atoms with E-state index in [9.17, 15) is 32.3 Å². The minimum atomic E-state index is -4.85. The molecule has 1 saturated carbocycles. The second kappa shape index (κ2) is 8.44. The lowest BCUT2D eigenvalue weighted by molar-refractivity contribution is -0.143. The van der Waals surface area contributed by atoms with Crippen molar-refractivity contribution < 1.29 is 32.3 Å². The number of carbonyl (C=O) groups excluding carboxylic acids is 1. The van der Waals surface area contributed by atoms with Crippen molar-refractivity contribution >= 4 is 34.4 Å². The molecular weight excluding hydrogens is 464 g/mol. The van der Waals surface area contributed by atoms with E-state index >= 15 is 0 Å². The van der Waals surface area contributed by atoms with Gasteiger partial charge in [0.2, 0.25) is 0 Å². The molecule has 0 amide bonds. The van der Waals surface area contributed by atoms with Crippen LogP contribution in [-0.4, -0.2) is 26.8 Å². The summed E-state index contributed by atoms with van der Waals surface area (Å²) in [6.07, 6.45) is -3.65. The number of alkyl halides is 3. The van der Waals surface area contributed by atoms with Gasteiger partial charge in [0.15, 0.2) is 0 Å². The average Bonchev–Trinajstić information content (AvgIpc) is 3.13. The van der Waals surface area contributed by atoms with Crippen LogP contribution in [0.4, 0.5) is 17.6 Å². The van der Waals surface area contributed by atoms with Crippen LogP contribution in [0.3, 0.4) is 0 Å². The van der Waals surface area contributed by atoms with Crippen molar-refractivity contribution in [2.24, 2.45) is 11.8 Å². The molecule has 0 spiro atoms. The third kappa shape index (κ3) is 4.10. The van der Waals surface area contributed by atoms with E-state index in [0.717, 1.165) is 22.9 Å². The summed E-state index contributed by atoms with van der Waals surface area (Å²) in [6, 6.07) is 6.88. The topological polar surface area (TPSA) is 72.2 Å². The summed E-state index contributed by atoms with van der Waals surface area (Å²) in [7, 11) is 0. The predicted molar refractivity (Wildman–Crippen MR) is 113 cm³/mol. The first-order valence-corrected chi connectivity index (χ1v) is 10.7. The number of rotatable bonds is 3. The lowest BCUT2D eigenvalue weighted by Gasteiger charge is -2.31. The van der Waals surface area contributed by atoms with Crippen molar-refractivity contribution in [3.8, 4) is 0 Å². The number of fused-ring (bicyclic) bond motifs is 1. The molecule has 10 heteroatoms. The van der Waals surface area contributed by atoms with E-state index in [0.29, 0.717) is 12.8 Å². The maximum absolute atomic E-state index is 14.9. The van der Waals surface area contributed by atoms with Gasteiger partial charge in [0.1, 0.15) is 5.82 Å². The van der Waals surface area contributed by atoms with E-state index in [1.165, 1.54) is 18.2 Å². The SMILES string of the molecule is CC1CCC(C(=O)O)CC1c1nn(C(=O)c2c(Cl)cccc2C(F)(F)F)c2cccc(F)c12. The number of nitrogens with zero attached hydrogens (tertiary/aromatic N) is 2. The highest BCUT2D eigenvalue weighted by atomic mass is 35.5. The van der Waals surface area contributed by atoms with Gasteiger partial charge >= 0.3 is 12.1 Å². The number of carbonyl (C=O) groups is 2. The lowest BCUT2D eigenvalue weighted by Crippen LogP contribution is -2.27. The third-order valence-electron chi connectivity index (χ3n) is 6.31. The van der Waals surface area contributed by atoms with Crippen LogP contribution in [0, 0.1) is 17.7 Å². The quantitative estimate of drug-likeness (QED) is 0.455. The second-order valence-corrected chi connectivity index (χ2v) is 8.74. The molecule has 0 bridgehead atoms. The summed E-state index contributed by atoms with van der Waals surface area (Å²) in [5, 5.41) is 13.3. The molecule has 0 radical (unpaired) electrons. The molecule has 1 aliphatic carbocycles. The fourth-order valence-electron chi connectivity index (χ4n) is 4.58. The molecule has 3 atom stereocenters. The number of hydrogen-bond acceptors (Lipinski definition) is 3. The van der Waals surface area contributed by atoms with Gasteiger partial charge < -0.3 is 5.11 Å². The van der Waals surface area contributed by atoms with Gasteiger partial charge in [-0.2, -0.15) is 23.0 Å². The van der Waals surface area contributed by atoms with Crippen molar-refractivity contribution in [3.05, 3.63) is 64.1 Å². The Bertz CT molecular complexity index is 1250. The Morgan fingerprint density at radius 3 is 2.52 bits per heavy atom. The molecular formula is C23H19ClF4N2O3. The van der Waals surface area contributed by atoms with Gasteiger partial charge in [0.05, 0.1) is 38.7 Å². The van der Waals surface area contributed by atoms with Crippen molar-refractivity contribution in [2.45, 2.75) is 38.3 Å². The van der Waals surface area contributed by atoms with Gasteiger partial charge in [0.25, 0.3) is 5.91 Å². The first-order valence-electron chi connectivity index (χ1n) is 10.3. The molecule has 0 aliphatic heterocycles. The summed E-state index contributed by atoms with van der Waals surface area (Å²) in [4.78, 5) is 24.9. The molecule has 5 nitrogen and oxygen atoms in total. The van der Waals surface area contributed by atoms with Crippen LogP contribution in [-0.2, 0) is 11.0 Å². The zero-order valence-corrected chi connectivity index (χ0v) is 18.1. The predicted octanol–water partition coefficient (Wildman–Crippen LogP) is 6.14. The van der Waals surface area contributed by atoms with E-state index in [4.69, 9.17) is 11.6 Å². The Kier molecular flexibility index (Phi) is 5.94. The van der Waals surface area contributed by atoms with Gasteiger partial charge in [-0.3, -0.25) is 9.59 Å². The fourth-order valence-corrected chi connectivity index (χ4v) is 4.84. The van der Waals surface area contributed by atoms with Crippen LogP contribution in [0.5, 0.6) is 0 Å². The monoisotopic (exact) mass is 482 g/mol. The Labute approximate surface area is 191 Å². The van der Waals surface area contributed by atoms with Gasteiger partial charge in [0, 0.05) is 5.92 Å². The van der Waals surface area contributed by atoms with Crippen molar-refractivity contribution in [2.75, 3.05) is 0 Å². The number of benzene rings is 2. The smallest absolute Gasteiger partial charge is 0.417 e. The van der Waals surface area contributed by atoms with Crippen LogP contribution in [0.1, 0.15) is 53.7 Å². The maximum Gasteiger partial charge on any atom is 0.417 e. The molecule has 0 saturated heterocycles. The summed E-state index contributed by atoms with van der Waals surface area (Å²) >= 11 is 5.99. The van der Waals surface area contributed by atoms with E-state index in [2.05, 4.69) is 5.10 Å². The minimum Gasteiger partial charge on any atom is -0.481 e. The highest BCUT2D eigenvalue weighted by Gasteiger charge is 2.39. The molecule has 3 aromatic rings. The zero-order chi connectivity index (χ0) is 24.1. The zero-order valence-electron chi connectivity index (χ0n) is 17.4. The van der Waals surface area contributed by atoms with Gasteiger partial charge in [-0.05, 0) is 49.4 Å². The van der Waals surface area contributed by atoms with Crippen LogP contribution >= 0.6 is 11.6 Å². The number of halogens is 5. The summed E-state index contributed by atoms with van der Waals surface area (Å²) in [5.74, 6) is -4.02. The fraction of sp³-hybridized carbons (Fsp3) is 0.348. The Morgan fingerprint density at radius 2 is 1.85 bits per heavy atom. The number of hydrogen-bond donors (Lipinski definition) is 1. The van der Waals surface area contributed by atoms with E-state index in [1.807, 2.05) is 6.92 Å². The van der Waals surface area contributed by atoms with E-state index in [1.54, 1.807) is 0 Å². The van der Waals surface area contributed by atoms with Gasteiger partial charge in [-0.25, -0.2) is 4.39 Å². The normalized spacial score (nSPS) is 21.3. The maximum atomic E-state index is 14.9. The number of aliphatic carboxylic acids is 1. The standard InChI is InChI=1S/C23H19ClF4N2O3/c1-11-8-9-12(22(32)33)10-13(11)20-19-16(25)6-3-7-17(19)30(29-20)21(31)18-14(23(26,27)28)4-2-5-15(18)24/h2-7,11-13H,8-10H2,1H3,(H,32,33). The Balaban J connectivity index is 1.91. The van der Waals surface area contributed by atoms with Crippen LogP contribution in [0.25, 0.3) is 10.9 Å². The van der Waals surface area contributed by atoms with Crippen molar-refractivity contribution in [1.82, 2.24) is 9.78 Å². The lowest BCUT2D eigenvalue weighted by atomic mass is 9.73. The highest BCUT2D eigenvalue weighted by Crippen LogP contribution is 2.43. The van der Waals surface area contributed by atoms with Crippen LogP contribution in [0.15, 0.2) is 36.4 Å². The number of aromatic nitrogens is 2. The number of carboxylic acid groups (broad SMARTS) is 1. The minimum absolute atomic E-state index is 0.00523. The molecule has 174 valence electrons. The summed E-state index contributed by atoms with van der Waals surface area (Å²) < 4.78 is 56.4. The van der Waals surface area contributed by atoms with E-state index in [-0.39, 0.29) is 28.9 Å². The average molecular weight is 483 g/mol. The van der Waals surface area contributed by atoms with Crippen molar-refractivity contribution in [3.63, 3.8) is 0 Å². The first kappa shape index (κ1) is 23.2. The molecule has 1 fully saturated rings. The van der Waals surface area contributed by atoms with Crippen molar-refractivity contribution in [1.29, 1.82) is 0 Å². The third-order valence-corrected chi connectivity index (χ3v) is 6.62. The van der Waals surface area contributed by atoms with E-state index < -0.39 is 51.9 Å². The molecule has 1 aliphatic rings. The molecule has 1 heterocycles. The van der Waals surface area contributed by atoms with Gasteiger partial charge in [-0.1, -0.05) is 30.7 Å². The molecule has 1 N–H and O–H groups in total.